The molecule has 0 aliphatic heterocycles. The minimum Gasteiger partial charge on any atom is -0.497 e. The van der Waals surface area contributed by atoms with Crippen LogP contribution in [0.2, 0.25) is 0 Å². The number of ether oxygens (including phenoxy) is 12. The van der Waals surface area contributed by atoms with E-state index in [4.69, 9.17) is 56.8 Å². The van der Waals surface area contributed by atoms with Gasteiger partial charge in [0.2, 0.25) is 0 Å². The molecule has 13 rings (SSSR count). The van der Waals surface area contributed by atoms with Crippen molar-refractivity contribution in [3.63, 3.8) is 0 Å². The van der Waals surface area contributed by atoms with Crippen LogP contribution in [-0.2, 0) is 86.6 Å². The second kappa shape index (κ2) is 28.6. The predicted octanol–water partition coefficient (Wildman–Crippen LogP) is 13.3. The molecule has 3 aliphatic carbocycles. The number of carbonyl (C=O) groups excluding carboxylic acids is 6. The number of rotatable bonds is 24. The number of hydrogen-bond acceptors (Lipinski definition) is 18. The third-order valence-electron chi connectivity index (χ3n) is 17.6. The zero-order valence-electron chi connectivity index (χ0n) is 55.0. The molecule has 0 unspecified atom stereocenters. The summed E-state index contributed by atoms with van der Waals surface area (Å²) < 4.78 is 69.8. The SMILES string of the molecule is COc1ccc(CC(=O)Oc2cc3c(cc2OC(=O)Cc2ccc(OC)cc2)-c2c(c4c(c5c2Cc2cc(OC(=O)Cc6ccc(OC)cc6)c(OC(=O)Cc6ccc(OC)cc6)cc2-5)Cc2cc(OC(=O)Cc5ccc(OC)cc5)c(OC(=O)Cc5ccc(OC)cc5)cc2-4)C3)cc1. The van der Waals surface area contributed by atoms with Gasteiger partial charge in [0.1, 0.15) is 34.5 Å². The Labute approximate surface area is 570 Å². The fourth-order valence-corrected chi connectivity index (χ4v) is 12.8. The van der Waals surface area contributed by atoms with Gasteiger partial charge < -0.3 is 56.8 Å². The quantitative estimate of drug-likeness (QED) is 0.0406. The molecule has 18 nitrogen and oxygen atoms in total. The van der Waals surface area contributed by atoms with Crippen LogP contribution >= 0.6 is 0 Å². The lowest BCUT2D eigenvalue weighted by Crippen LogP contribution is -2.15. The van der Waals surface area contributed by atoms with Crippen molar-refractivity contribution < 1.29 is 85.6 Å². The third-order valence-corrected chi connectivity index (χ3v) is 17.6. The Hall–Kier alpha value is -12.2. The maximum atomic E-state index is 14.3. The fraction of sp³-hybridized carbons (Fsp3) is 0.185. The Morgan fingerprint density at radius 2 is 0.404 bits per heavy atom. The van der Waals surface area contributed by atoms with E-state index in [-0.39, 0.29) is 92.3 Å². The van der Waals surface area contributed by atoms with E-state index in [0.29, 0.717) is 84.6 Å². The van der Waals surface area contributed by atoms with E-state index in [0.717, 1.165) is 50.1 Å². The summed E-state index contributed by atoms with van der Waals surface area (Å²) in [6, 6.07) is 52.5. The van der Waals surface area contributed by atoms with E-state index in [1.807, 2.05) is 0 Å². The summed E-state index contributed by atoms with van der Waals surface area (Å²) in [5.74, 6) is -0.134. The molecule has 0 atom stereocenters. The number of benzene rings is 10. The van der Waals surface area contributed by atoms with E-state index in [1.165, 1.54) is 0 Å². The predicted molar refractivity (Wildman–Crippen MR) is 365 cm³/mol. The Kier molecular flexibility index (Phi) is 18.9. The zero-order chi connectivity index (χ0) is 68.8. The van der Waals surface area contributed by atoms with Gasteiger partial charge in [-0.25, -0.2) is 0 Å². The van der Waals surface area contributed by atoms with E-state index < -0.39 is 35.8 Å². The monoisotopic (exact) mass is 1330 g/mol. The Bertz CT molecular complexity index is 4280. The molecular weight excluding hydrogens is 1260 g/mol. The molecular formula is C81H66O18. The first-order valence-corrected chi connectivity index (χ1v) is 31.9. The minimum atomic E-state index is -0.635. The highest BCUT2D eigenvalue weighted by Crippen LogP contribution is 2.59. The molecule has 0 amide bonds. The van der Waals surface area contributed by atoms with Crippen molar-refractivity contribution >= 4 is 35.8 Å². The summed E-state index contributed by atoms with van der Waals surface area (Å²) >= 11 is 0. The summed E-state index contributed by atoms with van der Waals surface area (Å²) in [6.07, 6.45) is 0.0132. The van der Waals surface area contributed by atoms with Gasteiger partial charge in [-0.05, 0) is 229 Å². The van der Waals surface area contributed by atoms with Crippen molar-refractivity contribution in [1.82, 2.24) is 0 Å². The van der Waals surface area contributed by atoms with Crippen LogP contribution in [0, 0.1) is 0 Å². The first-order chi connectivity index (χ1) is 48.1. The van der Waals surface area contributed by atoms with Gasteiger partial charge in [-0.15, -0.1) is 0 Å². The summed E-state index contributed by atoms with van der Waals surface area (Å²) in [5, 5.41) is 0. The van der Waals surface area contributed by atoms with Gasteiger partial charge in [-0.2, -0.15) is 0 Å². The van der Waals surface area contributed by atoms with Crippen molar-refractivity contribution in [2.45, 2.75) is 57.8 Å². The standard InChI is InChI=1S/C81H66O18/c1-88-55-19-7-46(8-20-55)31-73(82)94-67-40-52-37-64-79(61(52)43-70(67)97-76(85)34-49-13-25-58(91-4)26-14-49)65-38-53-41-68(95-74(83)32-47-9-21-56(89-2)22-10-47)72(99-78(87)36-51-17-29-60(93-6)30-18-51)45-63(53)81(65)66-39-54-42-69(96-75(84)33-48-11-23-57(90-3)24-12-48)71(44-62(54)80(64)66)98-77(86)35-50-15-27-59(92-5)28-16-50/h7-30,40-45H,31-39H2,1-6H3. The molecule has 0 spiro atoms. The van der Waals surface area contributed by atoms with Gasteiger partial charge >= 0.3 is 35.8 Å². The molecule has 0 saturated carbocycles. The average molecular weight is 1330 g/mol. The van der Waals surface area contributed by atoms with Crippen LogP contribution in [0.25, 0.3) is 33.4 Å². The van der Waals surface area contributed by atoms with E-state index in [1.54, 1.807) is 225 Å². The minimum absolute atomic E-state index is 0.00878. The van der Waals surface area contributed by atoms with Crippen LogP contribution in [0.5, 0.6) is 69.0 Å². The maximum absolute atomic E-state index is 14.3. The molecule has 18 heteroatoms. The fourth-order valence-electron chi connectivity index (χ4n) is 12.8. The second-order valence-corrected chi connectivity index (χ2v) is 24.0. The molecule has 10 aromatic carbocycles. The van der Waals surface area contributed by atoms with E-state index in [9.17, 15) is 28.8 Å². The highest BCUT2D eigenvalue weighted by atomic mass is 16.6. The molecule has 498 valence electrons. The van der Waals surface area contributed by atoms with Crippen molar-refractivity contribution in [2.75, 3.05) is 42.7 Å². The van der Waals surface area contributed by atoms with E-state index >= 15 is 0 Å². The van der Waals surface area contributed by atoms with Crippen LogP contribution < -0.4 is 56.8 Å². The number of fused-ring (bicyclic) bond motifs is 12. The van der Waals surface area contributed by atoms with Crippen LogP contribution in [-0.4, -0.2) is 78.5 Å². The molecule has 0 fully saturated rings. The van der Waals surface area contributed by atoms with Crippen LogP contribution in [0.1, 0.15) is 66.8 Å². The summed E-state index contributed by atoms with van der Waals surface area (Å²) in [5.41, 5.74) is 12.9. The smallest absolute Gasteiger partial charge is 0.315 e. The second-order valence-electron chi connectivity index (χ2n) is 24.0. The topological polar surface area (TPSA) is 213 Å². The Morgan fingerprint density at radius 3 is 0.566 bits per heavy atom. The Morgan fingerprint density at radius 1 is 0.242 bits per heavy atom. The average Bonchev–Trinajstić information content (AvgIpc) is 1.53. The van der Waals surface area contributed by atoms with Crippen molar-refractivity contribution in [2.24, 2.45) is 0 Å². The summed E-state index contributed by atoms with van der Waals surface area (Å²) in [7, 11) is 9.32. The lowest BCUT2D eigenvalue weighted by Gasteiger charge is -2.18. The molecule has 0 aromatic heterocycles. The van der Waals surface area contributed by atoms with Gasteiger partial charge in [0.15, 0.2) is 34.5 Å². The molecule has 0 radical (unpaired) electrons. The summed E-state index contributed by atoms with van der Waals surface area (Å²) in [4.78, 5) is 85.1. The zero-order valence-corrected chi connectivity index (χ0v) is 55.0. The van der Waals surface area contributed by atoms with Gasteiger partial charge in [0, 0.05) is 0 Å². The van der Waals surface area contributed by atoms with Gasteiger partial charge in [-0.1, -0.05) is 72.8 Å². The van der Waals surface area contributed by atoms with Gasteiger partial charge in [0.25, 0.3) is 0 Å². The van der Waals surface area contributed by atoms with Crippen LogP contribution in [0.4, 0.5) is 0 Å². The highest BCUT2D eigenvalue weighted by Gasteiger charge is 2.40. The van der Waals surface area contributed by atoms with Gasteiger partial charge in [-0.3, -0.25) is 28.8 Å². The van der Waals surface area contributed by atoms with E-state index in [2.05, 4.69) is 0 Å². The molecule has 10 aromatic rings. The van der Waals surface area contributed by atoms with Crippen molar-refractivity contribution in [1.29, 1.82) is 0 Å². The molecule has 0 heterocycles. The van der Waals surface area contributed by atoms with Crippen molar-refractivity contribution in [3.8, 4) is 102 Å². The maximum Gasteiger partial charge on any atom is 0.315 e. The number of methoxy groups -OCH3 is 6. The van der Waals surface area contributed by atoms with Crippen molar-refractivity contribution in [3.05, 3.63) is 249 Å². The molecule has 0 bridgehead atoms. The highest BCUT2D eigenvalue weighted by molar-refractivity contribution is 6.02. The largest absolute Gasteiger partial charge is 0.497 e. The number of hydrogen-bond donors (Lipinski definition) is 0. The van der Waals surface area contributed by atoms with Gasteiger partial charge in [0.05, 0.1) is 81.2 Å². The number of esters is 6. The molecule has 3 aliphatic rings. The normalized spacial score (nSPS) is 11.7. The van der Waals surface area contributed by atoms with Crippen LogP contribution in [0.3, 0.4) is 0 Å². The third kappa shape index (κ3) is 14.5. The first-order valence-electron chi connectivity index (χ1n) is 31.9. The molecule has 0 saturated heterocycles. The number of carbonyl (C=O) groups is 6. The van der Waals surface area contributed by atoms with Crippen LogP contribution in [0.15, 0.2) is 182 Å². The molecule has 0 N–H and O–H groups in total. The lowest BCUT2D eigenvalue weighted by molar-refractivity contribution is -0.136. The Balaban J connectivity index is 0.960. The lowest BCUT2D eigenvalue weighted by atomic mass is 9.86. The summed E-state index contributed by atoms with van der Waals surface area (Å²) in [6.45, 7) is 0. The molecule has 99 heavy (non-hydrogen) atoms. The first kappa shape index (κ1) is 65.5.